The number of rotatable bonds is 3. The van der Waals surface area contributed by atoms with Gasteiger partial charge in [0.2, 0.25) is 0 Å². The van der Waals surface area contributed by atoms with Crippen LogP contribution in [0.1, 0.15) is 31.2 Å². The summed E-state index contributed by atoms with van der Waals surface area (Å²) in [6, 6.07) is 8.53. The van der Waals surface area contributed by atoms with Crippen molar-refractivity contribution in [1.29, 1.82) is 0 Å². The summed E-state index contributed by atoms with van der Waals surface area (Å²) in [5.41, 5.74) is 1.43. The summed E-state index contributed by atoms with van der Waals surface area (Å²) in [4.78, 5) is 2.54. The molecule has 0 unspecified atom stereocenters. The van der Waals surface area contributed by atoms with Gasteiger partial charge in [0.05, 0.1) is 7.11 Å². The monoisotopic (exact) mass is 219 g/mol. The van der Waals surface area contributed by atoms with Crippen LogP contribution in [0.4, 0.5) is 0 Å². The lowest BCUT2D eigenvalue weighted by Crippen LogP contribution is -2.34. The molecular formula is C14H21NO. The molecule has 1 aliphatic rings. The number of ether oxygens (including phenoxy) is 1. The minimum atomic E-state index is 0.684. The quantitative estimate of drug-likeness (QED) is 0.775. The number of likely N-dealkylation sites (N-methyl/N-ethyl adjacent to an activating group) is 1. The zero-order chi connectivity index (χ0) is 11.4. The lowest BCUT2D eigenvalue weighted by molar-refractivity contribution is 0.218. The molecule has 0 amide bonds. The zero-order valence-corrected chi connectivity index (χ0v) is 10.3. The van der Waals surface area contributed by atoms with E-state index < -0.39 is 0 Å². The van der Waals surface area contributed by atoms with Crippen molar-refractivity contribution in [2.75, 3.05) is 26.7 Å². The average molecular weight is 219 g/mol. The summed E-state index contributed by atoms with van der Waals surface area (Å²) >= 11 is 0. The number of piperidine rings is 1. The van der Waals surface area contributed by atoms with Crippen molar-refractivity contribution in [2.24, 2.45) is 0 Å². The van der Waals surface area contributed by atoms with E-state index in [-0.39, 0.29) is 0 Å². The van der Waals surface area contributed by atoms with E-state index in [0.29, 0.717) is 5.92 Å². The molecule has 1 atom stereocenters. The van der Waals surface area contributed by atoms with Gasteiger partial charge in [-0.3, -0.25) is 0 Å². The fourth-order valence-corrected chi connectivity index (χ4v) is 2.51. The summed E-state index contributed by atoms with van der Waals surface area (Å²) in [7, 11) is 1.73. The predicted molar refractivity (Wildman–Crippen MR) is 67.1 cm³/mol. The van der Waals surface area contributed by atoms with Crippen LogP contribution in [-0.2, 0) is 0 Å². The first kappa shape index (κ1) is 11.5. The Morgan fingerprint density at radius 1 is 1.44 bits per heavy atom. The Morgan fingerprint density at radius 3 is 3.06 bits per heavy atom. The highest BCUT2D eigenvalue weighted by atomic mass is 16.5. The molecule has 0 saturated carbocycles. The van der Waals surface area contributed by atoms with Gasteiger partial charge in [0.15, 0.2) is 0 Å². The van der Waals surface area contributed by atoms with Crippen LogP contribution in [0.25, 0.3) is 0 Å². The average Bonchev–Trinajstić information content (AvgIpc) is 2.39. The van der Waals surface area contributed by atoms with Crippen LogP contribution in [0.3, 0.4) is 0 Å². The number of nitrogens with zero attached hydrogens (tertiary/aromatic N) is 1. The first-order valence-corrected chi connectivity index (χ1v) is 6.19. The third kappa shape index (κ3) is 2.56. The molecule has 0 bridgehead atoms. The Kier molecular flexibility index (Phi) is 3.83. The minimum Gasteiger partial charge on any atom is -0.497 e. The molecule has 1 fully saturated rings. The Balaban J connectivity index is 2.10. The topological polar surface area (TPSA) is 12.5 Å². The van der Waals surface area contributed by atoms with Crippen LogP contribution in [0.5, 0.6) is 5.75 Å². The Hall–Kier alpha value is -1.02. The van der Waals surface area contributed by atoms with Gasteiger partial charge in [-0.25, -0.2) is 0 Å². The normalized spacial score (nSPS) is 22.0. The molecule has 0 spiro atoms. The van der Waals surface area contributed by atoms with Crippen molar-refractivity contribution in [1.82, 2.24) is 4.90 Å². The first-order chi connectivity index (χ1) is 7.83. The lowest BCUT2D eigenvalue weighted by Gasteiger charge is -2.32. The van der Waals surface area contributed by atoms with Gasteiger partial charge < -0.3 is 9.64 Å². The molecule has 1 aliphatic heterocycles. The van der Waals surface area contributed by atoms with Gasteiger partial charge >= 0.3 is 0 Å². The maximum absolute atomic E-state index is 5.29. The highest BCUT2D eigenvalue weighted by Gasteiger charge is 2.20. The van der Waals surface area contributed by atoms with Gasteiger partial charge in [-0.05, 0) is 49.5 Å². The molecule has 0 aliphatic carbocycles. The van der Waals surface area contributed by atoms with Crippen molar-refractivity contribution < 1.29 is 4.74 Å². The number of methoxy groups -OCH3 is 1. The Bertz CT molecular complexity index is 337. The van der Waals surface area contributed by atoms with E-state index in [1.54, 1.807) is 7.11 Å². The summed E-state index contributed by atoms with van der Waals surface area (Å²) in [6.45, 7) is 5.87. The van der Waals surface area contributed by atoms with E-state index in [1.807, 2.05) is 6.07 Å². The molecule has 1 heterocycles. The number of likely N-dealkylation sites (tertiary alicyclic amines) is 1. The van der Waals surface area contributed by atoms with Crippen LogP contribution in [0.15, 0.2) is 24.3 Å². The second kappa shape index (κ2) is 5.35. The van der Waals surface area contributed by atoms with E-state index in [2.05, 4.69) is 30.0 Å². The van der Waals surface area contributed by atoms with Crippen LogP contribution in [0, 0.1) is 0 Å². The summed E-state index contributed by atoms with van der Waals surface area (Å²) in [5.74, 6) is 1.66. The van der Waals surface area contributed by atoms with Crippen molar-refractivity contribution >= 4 is 0 Å². The third-order valence-electron chi connectivity index (χ3n) is 3.52. The number of benzene rings is 1. The molecule has 0 N–H and O–H groups in total. The Morgan fingerprint density at radius 2 is 2.31 bits per heavy atom. The molecule has 1 saturated heterocycles. The third-order valence-corrected chi connectivity index (χ3v) is 3.52. The standard InChI is InChI=1S/C14H21NO/c1-3-15-9-5-7-13(11-15)12-6-4-8-14(10-12)16-2/h4,6,8,10,13H,3,5,7,9,11H2,1-2H3/t13-/m0/s1. The predicted octanol–water partition coefficient (Wildman–Crippen LogP) is 2.89. The molecule has 0 radical (unpaired) electrons. The molecule has 1 aromatic rings. The SMILES string of the molecule is CCN1CCC[C@H](c2cccc(OC)c2)C1. The first-order valence-electron chi connectivity index (χ1n) is 6.19. The number of hydrogen-bond acceptors (Lipinski definition) is 2. The summed E-state index contributed by atoms with van der Waals surface area (Å²) in [6.07, 6.45) is 2.62. The largest absolute Gasteiger partial charge is 0.497 e. The van der Waals surface area contributed by atoms with Crippen LogP contribution >= 0.6 is 0 Å². The van der Waals surface area contributed by atoms with Gasteiger partial charge in [-0.2, -0.15) is 0 Å². The second-order valence-electron chi connectivity index (χ2n) is 4.51. The van der Waals surface area contributed by atoms with Gasteiger partial charge in [-0.1, -0.05) is 19.1 Å². The van der Waals surface area contributed by atoms with Crippen molar-refractivity contribution in [3.8, 4) is 5.75 Å². The fourth-order valence-electron chi connectivity index (χ4n) is 2.51. The van der Waals surface area contributed by atoms with Gasteiger partial charge in [0.25, 0.3) is 0 Å². The fraction of sp³-hybridized carbons (Fsp3) is 0.571. The zero-order valence-electron chi connectivity index (χ0n) is 10.3. The van der Waals surface area contributed by atoms with Crippen molar-refractivity contribution in [2.45, 2.75) is 25.7 Å². The van der Waals surface area contributed by atoms with Gasteiger partial charge in [-0.15, -0.1) is 0 Å². The van der Waals surface area contributed by atoms with Gasteiger partial charge in [0, 0.05) is 6.54 Å². The highest BCUT2D eigenvalue weighted by Crippen LogP contribution is 2.28. The van der Waals surface area contributed by atoms with Crippen LogP contribution < -0.4 is 4.74 Å². The smallest absolute Gasteiger partial charge is 0.119 e. The second-order valence-corrected chi connectivity index (χ2v) is 4.51. The maximum Gasteiger partial charge on any atom is 0.119 e. The molecule has 0 aromatic heterocycles. The van der Waals surface area contributed by atoms with E-state index >= 15 is 0 Å². The van der Waals surface area contributed by atoms with Gasteiger partial charge in [0.1, 0.15) is 5.75 Å². The molecule has 2 heteroatoms. The molecular weight excluding hydrogens is 198 g/mol. The molecule has 2 rings (SSSR count). The molecule has 16 heavy (non-hydrogen) atoms. The van der Waals surface area contributed by atoms with E-state index in [4.69, 9.17) is 4.74 Å². The minimum absolute atomic E-state index is 0.684. The lowest BCUT2D eigenvalue weighted by atomic mass is 9.90. The van der Waals surface area contributed by atoms with Crippen molar-refractivity contribution in [3.05, 3.63) is 29.8 Å². The highest BCUT2D eigenvalue weighted by molar-refractivity contribution is 5.31. The molecule has 1 aromatic carbocycles. The van der Waals surface area contributed by atoms with Crippen molar-refractivity contribution in [3.63, 3.8) is 0 Å². The molecule has 2 nitrogen and oxygen atoms in total. The van der Waals surface area contributed by atoms with E-state index in [0.717, 1.165) is 5.75 Å². The molecule has 88 valence electrons. The van der Waals surface area contributed by atoms with Crippen LogP contribution in [0.2, 0.25) is 0 Å². The van der Waals surface area contributed by atoms with E-state index in [1.165, 1.54) is 38.0 Å². The Labute approximate surface area is 98.2 Å². The van der Waals surface area contributed by atoms with Crippen LogP contribution in [-0.4, -0.2) is 31.6 Å². The van der Waals surface area contributed by atoms with E-state index in [9.17, 15) is 0 Å². The summed E-state index contributed by atoms with van der Waals surface area (Å²) < 4.78 is 5.29. The maximum atomic E-state index is 5.29. The number of hydrogen-bond donors (Lipinski definition) is 0. The summed E-state index contributed by atoms with van der Waals surface area (Å²) in [5, 5.41) is 0.